The minimum absolute atomic E-state index is 0.655. The predicted molar refractivity (Wildman–Crippen MR) is 54.1 cm³/mol. The minimum atomic E-state index is -0.690. The van der Waals surface area contributed by atoms with E-state index in [1.807, 2.05) is 6.92 Å². The van der Waals surface area contributed by atoms with Crippen LogP contribution in [0, 0.1) is 11.8 Å². The number of carboxylic acid groups (broad SMARTS) is 1. The van der Waals surface area contributed by atoms with Crippen LogP contribution in [0.4, 0.5) is 0 Å². The molecular weight excluding hydrogens is 178 g/mol. The second-order valence-corrected chi connectivity index (χ2v) is 5.11. The molecule has 0 aliphatic heterocycles. The fourth-order valence-electron chi connectivity index (χ4n) is 1.83. The topological polar surface area (TPSA) is 49.3 Å². The van der Waals surface area contributed by atoms with Gasteiger partial charge >= 0.3 is 5.97 Å². The number of hydrogen-bond acceptors (Lipinski definition) is 2. The molecule has 0 radical (unpaired) electrons. The summed E-state index contributed by atoms with van der Waals surface area (Å²) in [6, 6.07) is 0. The van der Waals surface area contributed by atoms with E-state index in [2.05, 4.69) is 5.32 Å². The molecule has 0 aromatic rings. The maximum absolute atomic E-state index is 11.2. The molecule has 2 fully saturated rings. The first-order valence-corrected chi connectivity index (χ1v) is 5.58. The van der Waals surface area contributed by atoms with Gasteiger partial charge in [-0.3, -0.25) is 4.79 Å². The van der Waals surface area contributed by atoms with Crippen LogP contribution in [0.1, 0.15) is 39.0 Å². The molecule has 1 atom stereocenters. The molecule has 0 heterocycles. The molecule has 2 N–H and O–H groups in total. The number of rotatable bonds is 6. The van der Waals surface area contributed by atoms with E-state index in [1.54, 1.807) is 0 Å². The average Bonchev–Trinajstić information content (AvgIpc) is 2.96. The number of carboxylic acids is 1. The van der Waals surface area contributed by atoms with Crippen LogP contribution in [-0.4, -0.2) is 23.2 Å². The molecule has 0 saturated heterocycles. The van der Waals surface area contributed by atoms with Crippen molar-refractivity contribution in [1.29, 1.82) is 0 Å². The summed E-state index contributed by atoms with van der Waals surface area (Å²) in [4.78, 5) is 11.2. The normalized spacial score (nSPS) is 25.8. The van der Waals surface area contributed by atoms with Gasteiger partial charge in [0, 0.05) is 0 Å². The van der Waals surface area contributed by atoms with Gasteiger partial charge in [-0.2, -0.15) is 0 Å². The van der Waals surface area contributed by atoms with Gasteiger partial charge < -0.3 is 10.4 Å². The lowest BCUT2D eigenvalue weighted by Crippen LogP contribution is -2.50. The van der Waals surface area contributed by atoms with Gasteiger partial charge in [0.15, 0.2) is 0 Å². The third kappa shape index (κ3) is 2.47. The fourth-order valence-corrected chi connectivity index (χ4v) is 1.83. The van der Waals surface area contributed by atoms with Crippen LogP contribution in [-0.2, 0) is 4.79 Å². The Labute approximate surface area is 84.9 Å². The lowest BCUT2D eigenvalue weighted by atomic mass is 9.94. The highest BCUT2D eigenvalue weighted by molar-refractivity contribution is 5.78. The highest BCUT2D eigenvalue weighted by atomic mass is 16.4. The third-order valence-corrected chi connectivity index (χ3v) is 3.34. The summed E-state index contributed by atoms with van der Waals surface area (Å²) >= 11 is 0. The highest BCUT2D eigenvalue weighted by Gasteiger charge is 2.39. The lowest BCUT2D eigenvalue weighted by Gasteiger charge is -2.26. The van der Waals surface area contributed by atoms with Gasteiger partial charge in [0.05, 0.1) is 0 Å². The highest BCUT2D eigenvalue weighted by Crippen LogP contribution is 2.37. The standard InChI is InChI=1S/C11H19NO2/c1-11(10(13)14,6-8-2-3-8)12-7-9-4-5-9/h8-9,12H,2-7H2,1H3,(H,13,14). The summed E-state index contributed by atoms with van der Waals surface area (Å²) in [6.45, 7) is 2.71. The summed E-state index contributed by atoms with van der Waals surface area (Å²) in [6.07, 6.45) is 5.77. The Morgan fingerprint density at radius 2 is 1.93 bits per heavy atom. The molecule has 0 bridgehead atoms. The van der Waals surface area contributed by atoms with Gasteiger partial charge in [-0.25, -0.2) is 0 Å². The van der Waals surface area contributed by atoms with Gasteiger partial charge in [-0.15, -0.1) is 0 Å². The Bertz CT molecular complexity index is 233. The first-order valence-electron chi connectivity index (χ1n) is 5.58. The van der Waals surface area contributed by atoms with E-state index in [0.717, 1.165) is 18.9 Å². The van der Waals surface area contributed by atoms with E-state index in [-0.39, 0.29) is 0 Å². The predicted octanol–water partition coefficient (Wildman–Crippen LogP) is 1.63. The maximum atomic E-state index is 11.2. The first-order chi connectivity index (χ1) is 6.60. The quantitative estimate of drug-likeness (QED) is 0.680. The van der Waals surface area contributed by atoms with Crippen molar-refractivity contribution >= 4 is 5.97 Å². The number of nitrogens with one attached hydrogen (secondary N) is 1. The minimum Gasteiger partial charge on any atom is -0.480 e. The summed E-state index contributed by atoms with van der Waals surface area (Å²) < 4.78 is 0. The molecule has 0 spiro atoms. The molecule has 0 aromatic carbocycles. The second kappa shape index (κ2) is 3.54. The summed E-state index contributed by atoms with van der Waals surface area (Å²) in [5.41, 5.74) is -0.677. The van der Waals surface area contributed by atoms with E-state index < -0.39 is 11.5 Å². The molecule has 0 amide bonds. The molecule has 3 heteroatoms. The van der Waals surface area contributed by atoms with Crippen molar-refractivity contribution in [2.75, 3.05) is 6.54 Å². The van der Waals surface area contributed by atoms with E-state index in [4.69, 9.17) is 0 Å². The van der Waals surface area contributed by atoms with Crippen molar-refractivity contribution in [2.24, 2.45) is 11.8 Å². The molecule has 1 unspecified atom stereocenters. The summed E-state index contributed by atoms with van der Waals surface area (Å²) in [5.74, 6) is 0.709. The van der Waals surface area contributed by atoms with Crippen LogP contribution >= 0.6 is 0 Å². The van der Waals surface area contributed by atoms with Crippen LogP contribution in [0.3, 0.4) is 0 Å². The van der Waals surface area contributed by atoms with Crippen LogP contribution in [0.2, 0.25) is 0 Å². The maximum Gasteiger partial charge on any atom is 0.323 e. The number of hydrogen-bond donors (Lipinski definition) is 2. The van der Waals surface area contributed by atoms with Crippen LogP contribution in [0.5, 0.6) is 0 Å². The van der Waals surface area contributed by atoms with Crippen molar-refractivity contribution in [2.45, 2.75) is 44.6 Å². The third-order valence-electron chi connectivity index (χ3n) is 3.34. The molecule has 2 saturated carbocycles. The van der Waals surface area contributed by atoms with Crippen LogP contribution < -0.4 is 5.32 Å². The molecule has 2 aliphatic rings. The molecule has 14 heavy (non-hydrogen) atoms. The SMILES string of the molecule is CC(CC1CC1)(NCC1CC1)C(=O)O. The van der Waals surface area contributed by atoms with Crippen molar-refractivity contribution in [1.82, 2.24) is 5.32 Å². The molecule has 3 nitrogen and oxygen atoms in total. The Morgan fingerprint density at radius 1 is 1.36 bits per heavy atom. The van der Waals surface area contributed by atoms with Crippen molar-refractivity contribution in [3.05, 3.63) is 0 Å². The van der Waals surface area contributed by atoms with Gasteiger partial charge in [-0.1, -0.05) is 12.8 Å². The zero-order valence-electron chi connectivity index (χ0n) is 8.75. The summed E-state index contributed by atoms with van der Waals surface area (Å²) in [7, 11) is 0. The molecule has 80 valence electrons. The molecular formula is C11H19NO2. The van der Waals surface area contributed by atoms with Gasteiger partial charge in [-0.05, 0) is 44.6 Å². The van der Waals surface area contributed by atoms with Crippen LogP contribution in [0.15, 0.2) is 0 Å². The van der Waals surface area contributed by atoms with E-state index in [9.17, 15) is 9.90 Å². The largest absolute Gasteiger partial charge is 0.480 e. The smallest absolute Gasteiger partial charge is 0.323 e. The number of carbonyl (C=O) groups is 1. The summed E-state index contributed by atoms with van der Waals surface area (Å²) in [5, 5.41) is 12.4. The molecule has 2 rings (SSSR count). The average molecular weight is 197 g/mol. The van der Waals surface area contributed by atoms with Crippen molar-refractivity contribution in [3.63, 3.8) is 0 Å². The van der Waals surface area contributed by atoms with Gasteiger partial charge in [0.25, 0.3) is 0 Å². The Kier molecular flexibility index (Phi) is 2.52. The van der Waals surface area contributed by atoms with Crippen LogP contribution in [0.25, 0.3) is 0 Å². The number of aliphatic carboxylic acids is 1. The lowest BCUT2D eigenvalue weighted by molar-refractivity contribution is -0.144. The zero-order chi connectivity index (χ0) is 10.2. The van der Waals surface area contributed by atoms with E-state index in [0.29, 0.717) is 5.92 Å². The fraction of sp³-hybridized carbons (Fsp3) is 0.909. The molecule has 2 aliphatic carbocycles. The van der Waals surface area contributed by atoms with Gasteiger partial charge in [0.1, 0.15) is 5.54 Å². The first kappa shape index (κ1) is 9.97. The Balaban J connectivity index is 1.85. The van der Waals surface area contributed by atoms with Gasteiger partial charge in [0.2, 0.25) is 0 Å². The second-order valence-electron chi connectivity index (χ2n) is 5.11. The van der Waals surface area contributed by atoms with Crippen molar-refractivity contribution < 1.29 is 9.90 Å². The van der Waals surface area contributed by atoms with Crippen molar-refractivity contribution in [3.8, 4) is 0 Å². The monoisotopic (exact) mass is 197 g/mol. The van der Waals surface area contributed by atoms with E-state index in [1.165, 1.54) is 25.7 Å². The molecule has 0 aromatic heterocycles. The zero-order valence-corrected chi connectivity index (χ0v) is 8.75. The Hall–Kier alpha value is -0.570. The van der Waals surface area contributed by atoms with E-state index >= 15 is 0 Å². The Morgan fingerprint density at radius 3 is 2.36 bits per heavy atom.